The maximum atomic E-state index is 5.66. The fourth-order valence-corrected chi connectivity index (χ4v) is 1.70. The maximum absolute atomic E-state index is 5.66. The Labute approximate surface area is 84.0 Å². The predicted octanol–water partition coefficient (Wildman–Crippen LogP) is 1.36. The van der Waals surface area contributed by atoms with E-state index in [1.807, 2.05) is 18.2 Å². The summed E-state index contributed by atoms with van der Waals surface area (Å²) in [6.45, 7) is 2.56. The Morgan fingerprint density at radius 3 is 3.00 bits per heavy atom. The summed E-state index contributed by atoms with van der Waals surface area (Å²) in [4.78, 5) is 0. The lowest BCUT2D eigenvalue weighted by atomic mass is 10.1. The van der Waals surface area contributed by atoms with Crippen LogP contribution >= 0.6 is 0 Å². The van der Waals surface area contributed by atoms with Crippen LogP contribution in [0.3, 0.4) is 0 Å². The van der Waals surface area contributed by atoms with E-state index < -0.39 is 0 Å². The SMILES string of the molecule is COc1ccccc1C1CNCCO1. The number of rotatable bonds is 2. The average Bonchev–Trinajstić information content (AvgIpc) is 2.30. The van der Waals surface area contributed by atoms with Crippen molar-refractivity contribution in [2.45, 2.75) is 6.10 Å². The third kappa shape index (κ3) is 1.89. The number of ether oxygens (including phenoxy) is 2. The molecule has 0 saturated carbocycles. The van der Waals surface area contributed by atoms with E-state index in [1.165, 1.54) is 0 Å². The monoisotopic (exact) mass is 193 g/mol. The topological polar surface area (TPSA) is 30.5 Å². The summed E-state index contributed by atoms with van der Waals surface area (Å²) in [7, 11) is 1.69. The Morgan fingerprint density at radius 2 is 2.29 bits per heavy atom. The number of morpholine rings is 1. The molecule has 0 amide bonds. The van der Waals surface area contributed by atoms with Gasteiger partial charge in [-0.3, -0.25) is 0 Å². The highest BCUT2D eigenvalue weighted by atomic mass is 16.5. The summed E-state index contributed by atoms with van der Waals surface area (Å²) in [5.74, 6) is 0.904. The van der Waals surface area contributed by atoms with Gasteiger partial charge in [0.05, 0.1) is 19.8 Å². The van der Waals surface area contributed by atoms with Gasteiger partial charge >= 0.3 is 0 Å². The van der Waals surface area contributed by atoms with Gasteiger partial charge in [0, 0.05) is 18.7 Å². The van der Waals surface area contributed by atoms with Gasteiger partial charge in [-0.15, -0.1) is 0 Å². The third-order valence-electron chi connectivity index (χ3n) is 2.41. The van der Waals surface area contributed by atoms with E-state index in [2.05, 4.69) is 11.4 Å². The Hall–Kier alpha value is -1.06. The minimum Gasteiger partial charge on any atom is -0.496 e. The highest BCUT2D eigenvalue weighted by molar-refractivity contribution is 5.35. The maximum Gasteiger partial charge on any atom is 0.124 e. The molecule has 1 aromatic rings. The van der Waals surface area contributed by atoms with E-state index in [9.17, 15) is 0 Å². The zero-order valence-corrected chi connectivity index (χ0v) is 8.32. The van der Waals surface area contributed by atoms with E-state index in [0.717, 1.165) is 31.0 Å². The van der Waals surface area contributed by atoms with Crippen molar-refractivity contribution < 1.29 is 9.47 Å². The first kappa shape index (κ1) is 9.49. The minimum atomic E-state index is 0.125. The molecule has 3 nitrogen and oxygen atoms in total. The smallest absolute Gasteiger partial charge is 0.124 e. The Bertz CT molecular complexity index is 295. The molecule has 1 aliphatic rings. The van der Waals surface area contributed by atoms with Crippen molar-refractivity contribution in [2.24, 2.45) is 0 Å². The van der Waals surface area contributed by atoms with Crippen LogP contribution in [-0.2, 0) is 4.74 Å². The fourth-order valence-electron chi connectivity index (χ4n) is 1.70. The molecule has 76 valence electrons. The molecule has 1 aliphatic heterocycles. The van der Waals surface area contributed by atoms with Crippen LogP contribution in [0, 0.1) is 0 Å². The van der Waals surface area contributed by atoms with Crippen molar-refractivity contribution in [3.05, 3.63) is 29.8 Å². The molecule has 0 bridgehead atoms. The summed E-state index contributed by atoms with van der Waals surface area (Å²) >= 11 is 0. The van der Waals surface area contributed by atoms with Crippen molar-refractivity contribution in [2.75, 3.05) is 26.8 Å². The molecule has 14 heavy (non-hydrogen) atoms. The van der Waals surface area contributed by atoms with Crippen LogP contribution in [0.2, 0.25) is 0 Å². The molecular formula is C11H15NO2. The summed E-state index contributed by atoms with van der Waals surface area (Å²) in [6, 6.07) is 8.00. The van der Waals surface area contributed by atoms with Crippen LogP contribution < -0.4 is 10.1 Å². The summed E-state index contributed by atoms with van der Waals surface area (Å²) in [5.41, 5.74) is 1.13. The van der Waals surface area contributed by atoms with Gasteiger partial charge in [0.1, 0.15) is 5.75 Å². The highest BCUT2D eigenvalue weighted by Crippen LogP contribution is 2.27. The van der Waals surface area contributed by atoms with Gasteiger partial charge in [0.2, 0.25) is 0 Å². The lowest BCUT2D eigenvalue weighted by Crippen LogP contribution is -2.33. The van der Waals surface area contributed by atoms with Gasteiger partial charge in [-0.1, -0.05) is 18.2 Å². The van der Waals surface area contributed by atoms with Gasteiger partial charge in [-0.25, -0.2) is 0 Å². The zero-order valence-electron chi connectivity index (χ0n) is 8.32. The van der Waals surface area contributed by atoms with Gasteiger partial charge < -0.3 is 14.8 Å². The second kappa shape index (κ2) is 4.44. The summed E-state index contributed by atoms with van der Waals surface area (Å²) in [5, 5.41) is 3.30. The molecule has 2 rings (SSSR count). The summed E-state index contributed by atoms with van der Waals surface area (Å²) < 4.78 is 11.0. The van der Waals surface area contributed by atoms with Crippen LogP contribution in [0.15, 0.2) is 24.3 Å². The average molecular weight is 193 g/mol. The van der Waals surface area contributed by atoms with E-state index in [4.69, 9.17) is 9.47 Å². The van der Waals surface area contributed by atoms with Gasteiger partial charge in [-0.2, -0.15) is 0 Å². The van der Waals surface area contributed by atoms with E-state index in [0.29, 0.717) is 0 Å². The van der Waals surface area contributed by atoms with E-state index in [-0.39, 0.29) is 6.10 Å². The normalized spacial score (nSPS) is 21.9. The van der Waals surface area contributed by atoms with Gasteiger partial charge in [0.15, 0.2) is 0 Å². The highest BCUT2D eigenvalue weighted by Gasteiger charge is 2.18. The van der Waals surface area contributed by atoms with Crippen molar-refractivity contribution in [3.63, 3.8) is 0 Å². The van der Waals surface area contributed by atoms with Crippen molar-refractivity contribution in [1.29, 1.82) is 0 Å². The molecule has 1 saturated heterocycles. The molecule has 1 N–H and O–H groups in total. The number of hydrogen-bond donors (Lipinski definition) is 1. The lowest BCUT2D eigenvalue weighted by Gasteiger charge is -2.25. The predicted molar refractivity (Wildman–Crippen MR) is 54.6 cm³/mol. The van der Waals surface area contributed by atoms with Gasteiger partial charge in [0.25, 0.3) is 0 Å². The molecule has 3 heteroatoms. The second-order valence-electron chi connectivity index (χ2n) is 3.31. The molecule has 1 atom stereocenters. The number of methoxy groups -OCH3 is 1. The van der Waals surface area contributed by atoms with Crippen LogP contribution in [0.1, 0.15) is 11.7 Å². The number of para-hydroxylation sites is 1. The molecule has 1 aromatic carbocycles. The molecule has 0 aromatic heterocycles. The molecule has 0 aliphatic carbocycles. The first-order valence-corrected chi connectivity index (χ1v) is 4.87. The molecular weight excluding hydrogens is 178 g/mol. The molecule has 1 unspecified atom stereocenters. The van der Waals surface area contributed by atoms with E-state index in [1.54, 1.807) is 7.11 Å². The van der Waals surface area contributed by atoms with Crippen LogP contribution in [0.25, 0.3) is 0 Å². The molecule has 1 heterocycles. The molecule has 0 spiro atoms. The van der Waals surface area contributed by atoms with Crippen LogP contribution in [-0.4, -0.2) is 26.8 Å². The Morgan fingerprint density at radius 1 is 1.43 bits per heavy atom. The number of hydrogen-bond acceptors (Lipinski definition) is 3. The van der Waals surface area contributed by atoms with E-state index >= 15 is 0 Å². The van der Waals surface area contributed by atoms with Crippen LogP contribution in [0.4, 0.5) is 0 Å². The molecule has 1 fully saturated rings. The fraction of sp³-hybridized carbons (Fsp3) is 0.455. The second-order valence-corrected chi connectivity index (χ2v) is 3.31. The standard InChI is InChI=1S/C11H15NO2/c1-13-10-5-3-2-4-9(10)11-8-12-6-7-14-11/h2-5,11-12H,6-8H2,1H3. The van der Waals surface area contributed by atoms with Crippen molar-refractivity contribution >= 4 is 0 Å². The number of nitrogens with one attached hydrogen (secondary N) is 1. The lowest BCUT2D eigenvalue weighted by molar-refractivity contribution is 0.0263. The first-order chi connectivity index (χ1) is 6.92. The van der Waals surface area contributed by atoms with Crippen molar-refractivity contribution in [3.8, 4) is 5.75 Å². The molecule has 0 radical (unpaired) electrons. The zero-order chi connectivity index (χ0) is 9.80. The number of benzene rings is 1. The van der Waals surface area contributed by atoms with Crippen LogP contribution in [0.5, 0.6) is 5.75 Å². The van der Waals surface area contributed by atoms with Crippen molar-refractivity contribution in [1.82, 2.24) is 5.32 Å². The van der Waals surface area contributed by atoms with Gasteiger partial charge in [-0.05, 0) is 6.07 Å². The quantitative estimate of drug-likeness (QED) is 0.769. The third-order valence-corrected chi connectivity index (χ3v) is 2.41. The summed E-state index contributed by atoms with van der Waals surface area (Å²) in [6.07, 6.45) is 0.125. The first-order valence-electron chi connectivity index (χ1n) is 4.87. The largest absolute Gasteiger partial charge is 0.496 e. The Kier molecular flexibility index (Phi) is 3.01. The minimum absolute atomic E-state index is 0.125. The Balaban J connectivity index is 2.20.